The first-order valence-corrected chi connectivity index (χ1v) is 29.6. The summed E-state index contributed by atoms with van der Waals surface area (Å²) in [5.41, 5.74) is 0. The van der Waals surface area contributed by atoms with Crippen molar-refractivity contribution in [3.05, 3.63) is 85.1 Å². The highest BCUT2D eigenvalue weighted by Crippen LogP contribution is 2.16. The molecule has 0 N–H and O–H groups in total. The first-order valence-electron chi connectivity index (χ1n) is 29.6. The van der Waals surface area contributed by atoms with Crippen molar-refractivity contribution >= 4 is 17.9 Å². The predicted molar refractivity (Wildman–Crippen MR) is 302 cm³/mol. The summed E-state index contributed by atoms with van der Waals surface area (Å²) in [6.45, 7) is 6.48. The largest absolute Gasteiger partial charge is 0.462 e. The van der Waals surface area contributed by atoms with Crippen molar-refractivity contribution in [1.82, 2.24) is 0 Å². The Hall–Kier alpha value is -3.41. The smallest absolute Gasteiger partial charge is 0.306 e. The highest BCUT2D eigenvalue weighted by molar-refractivity contribution is 5.71. The lowest BCUT2D eigenvalue weighted by Crippen LogP contribution is -2.30. The number of carbonyl (C=O) groups is 3. The van der Waals surface area contributed by atoms with Crippen LogP contribution in [0.4, 0.5) is 0 Å². The number of ether oxygens (including phenoxy) is 3. The van der Waals surface area contributed by atoms with Crippen LogP contribution in [0.1, 0.15) is 284 Å². The summed E-state index contributed by atoms with van der Waals surface area (Å²) in [5, 5.41) is 0. The molecule has 1 unspecified atom stereocenters. The van der Waals surface area contributed by atoms with E-state index in [0.29, 0.717) is 19.3 Å². The number of hydrogen-bond donors (Lipinski definition) is 0. The van der Waals surface area contributed by atoms with Gasteiger partial charge >= 0.3 is 17.9 Å². The molecular formula is C64H110O6. The molecule has 0 radical (unpaired) electrons. The van der Waals surface area contributed by atoms with E-state index in [9.17, 15) is 14.4 Å². The standard InChI is InChI=1S/C64H110O6/c1-4-7-10-13-16-19-22-25-27-29-30-31-32-33-34-36-37-39-42-45-48-51-54-57-63(66)69-60-61(59-68-62(65)56-53-50-47-44-41-24-21-18-15-12-9-6-3)70-64(67)58-55-52-49-46-43-40-38-35-28-26-23-20-17-14-11-8-5-2/h8,11,17,20,22,25-26,28-30,38,40,46,49,61H,4-7,9-10,12-16,18-19,21,23-24,27,31-37,39,41-45,47-48,50-60H2,1-3H3/b11-8-,20-17-,25-22-,28-26-,30-29-,40-38-,49-46-. The molecule has 402 valence electrons. The lowest BCUT2D eigenvalue weighted by Gasteiger charge is -2.18. The zero-order valence-corrected chi connectivity index (χ0v) is 46.0. The quantitative estimate of drug-likeness (QED) is 0.0261. The number of rotatable bonds is 53. The lowest BCUT2D eigenvalue weighted by molar-refractivity contribution is -0.167. The van der Waals surface area contributed by atoms with E-state index in [4.69, 9.17) is 14.2 Å². The van der Waals surface area contributed by atoms with Crippen LogP contribution >= 0.6 is 0 Å². The van der Waals surface area contributed by atoms with E-state index in [1.165, 1.54) is 154 Å². The zero-order valence-electron chi connectivity index (χ0n) is 46.0. The van der Waals surface area contributed by atoms with Gasteiger partial charge in [-0.1, -0.05) is 260 Å². The molecule has 6 nitrogen and oxygen atoms in total. The van der Waals surface area contributed by atoms with Crippen LogP contribution in [-0.4, -0.2) is 37.2 Å². The van der Waals surface area contributed by atoms with Gasteiger partial charge in [-0.15, -0.1) is 0 Å². The maximum atomic E-state index is 12.8. The average Bonchev–Trinajstić information content (AvgIpc) is 3.36. The molecule has 0 aromatic rings. The van der Waals surface area contributed by atoms with Crippen molar-refractivity contribution in [3.8, 4) is 0 Å². The maximum Gasteiger partial charge on any atom is 0.306 e. The molecule has 0 aromatic carbocycles. The highest BCUT2D eigenvalue weighted by Gasteiger charge is 2.19. The molecule has 0 aliphatic heterocycles. The minimum absolute atomic E-state index is 0.0975. The molecule has 70 heavy (non-hydrogen) atoms. The average molecular weight is 976 g/mol. The monoisotopic (exact) mass is 975 g/mol. The van der Waals surface area contributed by atoms with Gasteiger partial charge in [0.15, 0.2) is 6.10 Å². The molecule has 0 fully saturated rings. The second kappa shape index (κ2) is 58.2. The predicted octanol–water partition coefficient (Wildman–Crippen LogP) is 19.9. The number of allylic oxidation sites excluding steroid dienone is 14. The first kappa shape index (κ1) is 66.6. The normalized spacial score (nSPS) is 12.7. The van der Waals surface area contributed by atoms with Gasteiger partial charge in [0.25, 0.3) is 0 Å². The molecule has 1 atom stereocenters. The molecular weight excluding hydrogens is 865 g/mol. The van der Waals surface area contributed by atoms with Crippen molar-refractivity contribution in [2.75, 3.05) is 13.2 Å². The van der Waals surface area contributed by atoms with Gasteiger partial charge < -0.3 is 14.2 Å². The van der Waals surface area contributed by atoms with E-state index in [0.717, 1.165) is 83.5 Å². The van der Waals surface area contributed by atoms with Gasteiger partial charge in [0.1, 0.15) is 13.2 Å². The van der Waals surface area contributed by atoms with E-state index >= 15 is 0 Å². The fraction of sp³-hybridized carbons (Fsp3) is 0.734. The van der Waals surface area contributed by atoms with Crippen LogP contribution in [0.2, 0.25) is 0 Å². The van der Waals surface area contributed by atoms with Gasteiger partial charge in [-0.05, 0) is 89.9 Å². The molecule has 0 aliphatic rings. The van der Waals surface area contributed by atoms with Gasteiger partial charge in [0.05, 0.1) is 0 Å². The number of esters is 3. The van der Waals surface area contributed by atoms with Crippen LogP contribution in [0, 0.1) is 0 Å². The second-order valence-electron chi connectivity index (χ2n) is 19.5. The summed E-state index contributed by atoms with van der Waals surface area (Å²) in [4.78, 5) is 38.1. The SMILES string of the molecule is CC/C=C\C/C=C\C/C=C\C/C=C\C/C=C\CCCC(=O)OC(COC(=O)CCCCCCCCCCCCCC)COC(=O)CCCCCCCCCCCCC/C=C\C/C=C\CCCCCCC. The topological polar surface area (TPSA) is 78.9 Å². The molecule has 0 aromatic heterocycles. The number of carbonyl (C=O) groups excluding carboxylic acids is 3. The Morgan fingerprint density at radius 3 is 0.914 bits per heavy atom. The number of hydrogen-bond acceptors (Lipinski definition) is 6. The maximum absolute atomic E-state index is 12.8. The Bertz CT molecular complexity index is 1350. The van der Waals surface area contributed by atoms with Crippen LogP contribution < -0.4 is 0 Å². The van der Waals surface area contributed by atoms with Gasteiger partial charge in [-0.2, -0.15) is 0 Å². The molecule has 0 rings (SSSR count). The minimum Gasteiger partial charge on any atom is -0.462 e. The van der Waals surface area contributed by atoms with Crippen molar-refractivity contribution in [1.29, 1.82) is 0 Å². The summed E-state index contributed by atoms with van der Waals surface area (Å²) < 4.78 is 16.8. The summed E-state index contributed by atoms with van der Waals surface area (Å²) in [5.74, 6) is -0.951. The summed E-state index contributed by atoms with van der Waals surface area (Å²) in [6, 6.07) is 0. The first-order chi connectivity index (χ1) is 34.5. The van der Waals surface area contributed by atoms with Crippen LogP contribution in [-0.2, 0) is 28.6 Å². The molecule has 0 aliphatic carbocycles. The van der Waals surface area contributed by atoms with Crippen molar-refractivity contribution in [2.24, 2.45) is 0 Å². The Labute approximate surface area is 433 Å². The molecule has 0 heterocycles. The molecule has 0 bridgehead atoms. The van der Waals surface area contributed by atoms with Crippen LogP contribution in [0.5, 0.6) is 0 Å². The van der Waals surface area contributed by atoms with Crippen LogP contribution in [0.15, 0.2) is 85.1 Å². The summed E-state index contributed by atoms with van der Waals surface area (Å²) in [7, 11) is 0. The van der Waals surface area contributed by atoms with E-state index in [1.807, 2.05) is 0 Å². The third-order valence-electron chi connectivity index (χ3n) is 12.6. The molecule has 6 heteroatoms. The van der Waals surface area contributed by atoms with Crippen LogP contribution in [0.25, 0.3) is 0 Å². The fourth-order valence-corrected chi connectivity index (χ4v) is 8.22. The molecule has 0 spiro atoms. The summed E-state index contributed by atoms with van der Waals surface area (Å²) >= 11 is 0. The van der Waals surface area contributed by atoms with E-state index in [2.05, 4.69) is 106 Å². The number of unbranched alkanes of at least 4 members (excludes halogenated alkanes) is 28. The van der Waals surface area contributed by atoms with Gasteiger partial charge in [-0.3, -0.25) is 14.4 Å². The van der Waals surface area contributed by atoms with Crippen molar-refractivity contribution in [2.45, 2.75) is 290 Å². The Kier molecular flexibility index (Phi) is 55.3. The Balaban J connectivity index is 4.38. The van der Waals surface area contributed by atoms with E-state index in [-0.39, 0.29) is 37.5 Å². The minimum atomic E-state index is -0.806. The lowest BCUT2D eigenvalue weighted by atomic mass is 10.0. The van der Waals surface area contributed by atoms with Gasteiger partial charge in [0.2, 0.25) is 0 Å². The third-order valence-corrected chi connectivity index (χ3v) is 12.6. The third kappa shape index (κ3) is 55.5. The molecule has 0 saturated heterocycles. The highest BCUT2D eigenvalue weighted by atomic mass is 16.6. The molecule has 0 amide bonds. The van der Waals surface area contributed by atoms with Crippen molar-refractivity contribution in [3.63, 3.8) is 0 Å². The second-order valence-corrected chi connectivity index (χ2v) is 19.5. The zero-order chi connectivity index (χ0) is 50.7. The summed E-state index contributed by atoms with van der Waals surface area (Å²) in [6.07, 6.45) is 75.9. The Morgan fingerprint density at radius 1 is 0.300 bits per heavy atom. The Morgan fingerprint density at radius 2 is 0.571 bits per heavy atom. The van der Waals surface area contributed by atoms with Crippen molar-refractivity contribution < 1.29 is 28.6 Å². The van der Waals surface area contributed by atoms with Crippen LogP contribution in [0.3, 0.4) is 0 Å². The van der Waals surface area contributed by atoms with E-state index < -0.39 is 6.10 Å². The van der Waals surface area contributed by atoms with Gasteiger partial charge in [0, 0.05) is 19.3 Å². The fourth-order valence-electron chi connectivity index (χ4n) is 8.22. The van der Waals surface area contributed by atoms with E-state index in [1.54, 1.807) is 0 Å². The molecule has 0 saturated carbocycles. The van der Waals surface area contributed by atoms with Gasteiger partial charge in [-0.25, -0.2) is 0 Å².